The Bertz CT molecular complexity index is 571. The first-order valence-electron chi connectivity index (χ1n) is 5.22. The highest BCUT2D eigenvalue weighted by atomic mass is 32.1. The van der Waals surface area contributed by atoms with Crippen LogP contribution in [0.15, 0.2) is 35.6 Å². The molecular weight excluding hydrogens is 236 g/mol. The zero-order valence-corrected chi connectivity index (χ0v) is 10.4. The van der Waals surface area contributed by atoms with Gasteiger partial charge in [-0.2, -0.15) is 8.75 Å². The second-order valence-electron chi connectivity index (χ2n) is 3.75. The van der Waals surface area contributed by atoms with Crippen molar-refractivity contribution in [2.45, 2.75) is 19.9 Å². The van der Waals surface area contributed by atoms with Crippen molar-refractivity contribution in [1.29, 1.82) is 0 Å². The van der Waals surface area contributed by atoms with Crippen molar-refractivity contribution in [3.05, 3.63) is 41.8 Å². The van der Waals surface area contributed by atoms with Crippen molar-refractivity contribution in [2.24, 2.45) is 4.99 Å². The van der Waals surface area contributed by atoms with Crippen molar-refractivity contribution >= 4 is 17.6 Å². The van der Waals surface area contributed by atoms with Gasteiger partial charge in [0.2, 0.25) is 0 Å². The normalized spacial score (nSPS) is 12.1. The number of carbonyl (C=O) groups is 1. The molecule has 0 atom stereocenters. The summed E-state index contributed by atoms with van der Waals surface area (Å²) in [6.45, 7) is 3.93. The summed E-state index contributed by atoms with van der Waals surface area (Å²) >= 11 is 1.02. The molecule has 17 heavy (non-hydrogen) atoms. The van der Waals surface area contributed by atoms with E-state index in [0.717, 1.165) is 11.7 Å². The molecule has 5 nitrogen and oxygen atoms in total. The molecule has 0 saturated heterocycles. The van der Waals surface area contributed by atoms with E-state index in [0.29, 0.717) is 11.2 Å². The maximum atomic E-state index is 12.1. The van der Waals surface area contributed by atoms with Crippen molar-refractivity contribution < 1.29 is 4.79 Å². The Morgan fingerprint density at radius 1 is 1.47 bits per heavy atom. The minimum Gasteiger partial charge on any atom is -0.266 e. The summed E-state index contributed by atoms with van der Waals surface area (Å²) in [6.07, 6.45) is 3.15. The number of hydrogen-bond donors (Lipinski definition) is 0. The third kappa shape index (κ3) is 2.65. The third-order valence-electron chi connectivity index (χ3n) is 2.03. The summed E-state index contributed by atoms with van der Waals surface area (Å²) in [6, 6.07) is 5.57. The van der Waals surface area contributed by atoms with Crippen LogP contribution in [0, 0.1) is 0 Å². The van der Waals surface area contributed by atoms with Crippen LogP contribution in [-0.4, -0.2) is 25.3 Å². The monoisotopic (exact) mass is 248 g/mol. The smallest absolute Gasteiger partial charge is 0.266 e. The highest BCUT2D eigenvalue weighted by Gasteiger charge is 2.11. The molecular formula is C11H12N4OS. The van der Waals surface area contributed by atoms with Gasteiger partial charge in [0, 0.05) is 12.2 Å². The second-order valence-corrected chi connectivity index (χ2v) is 4.31. The molecule has 0 amide bonds. The van der Waals surface area contributed by atoms with Gasteiger partial charge in [0.05, 0.1) is 17.9 Å². The largest absolute Gasteiger partial charge is 0.284 e. The maximum absolute atomic E-state index is 12.1. The number of carbonyl (C=O) groups excluding carboxylic acids is 1. The third-order valence-corrected chi connectivity index (χ3v) is 2.51. The van der Waals surface area contributed by atoms with Gasteiger partial charge in [-0.1, -0.05) is 6.07 Å². The first-order chi connectivity index (χ1) is 8.18. The van der Waals surface area contributed by atoms with Crippen molar-refractivity contribution in [3.63, 3.8) is 0 Å². The van der Waals surface area contributed by atoms with Gasteiger partial charge in [0.1, 0.15) is 5.49 Å². The van der Waals surface area contributed by atoms with E-state index in [1.165, 1.54) is 10.8 Å². The van der Waals surface area contributed by atoms with Gasteiger partial charge in [-0.25, -0.2) is 0 Å². The van der Waals surface area contributed by atoms with Crippen LogP contribution < -0.4 is 5.49 Å². The molecule has 0 aliphatic heterocycles. The molecule has 0 saturated carbocycles. The van der Waals surface area contributed by atoms with Crippen LogP contribution in [0.3, 0.4) is 0 Å². The lowest BCUT2D eigenvalue weighted by Gasteiger charge is -2.04. The number of aromatic nitrogens is 3. The fraction of sp³-hybridized carbons (Fsp3) is 0.273. The molecule has 0 aliphatic rings. The average Bonchev–Trinajstić information content (AvgIpc) is 2.81. The SMILES string of the molecule is CC(C)N=c1ccccn1C(=O)c1cnsn1. The topological polar surface area (TPSA) is 60.1 Å². The molecule has 0 unspecified atom stereocenters. The average molecular weight is 248 g/mol. The van der Waals surface area contributed by atoms with Crippen LogP contribution >= 0.6 is 11.7 Å². The minimum atomic E-state index is -0.209. The van der Waals surface area contributed by atoms with Crippen molar-refractivity contribution in [3.8, 4) is 0 Å². The Hall–Kier alpha value is -1.82. The van der Waals surface area contributed by atoms with Gasteiger partial charge in [-0.3, -0.25) is 14.4 Å². The van der Waals surface area contributed by atoms with Gasteiger partial charge in [-0.15, -0.1) is 0 Å². The van der Waals surface area contributed by atoms with E-state index < -0.39 is 0 Å². The lowest BCUT2D eigenvalue weighted by atomic mass is 10.4. The van der Waals surface area contributed by atoms with E-state index >= 15 is 0 Å². The Morgan fingerprint density at radius 2 is 2.29 bits per heavy atom. The lowest BCUT2D eigenvalue weighted by molar-refractivity contribution is 0.0950. The standard InChI is InChI=1S/C11H12N4OS/c1-8(2)13-10-5-3-4-6-15(10)11(16)9-7-12-17-14-9/h3-8H,1-2H3. The minimum absolute atomic E-state index is 0.130. The Kier molecular flexibility index (Phi) is 3.43. The lowest BCUT2D eigenvalue weighted by Crippen LogP contribution is -2.28. The first-order valence-corrected chi connectivity index (χ1v) is 5.95. The molecule has 0 fully saturated rings. The zero-order valence-electron chi connectivity index (χ0n) is 9.57. The molecule has 0 spiro atoms. The molecule has 0 aromatic carbocycles. The van der Waals surface area contributed by atoms with Crippen molar-refractivity contribution in [2.75, 3.05) is 0 Å². The van der Waals surface area contributed by atoms with E-state index in [1.54, 1.807) is 18.3 Å². The van der Waals surface area contributed by atoms with Gasteiger partial charge in [0.15, 0.2) is 5.69 Å². The fourth-order valence-electron chi connectivity index (χ4n) is 1.36. The molecule has 88 valence electrons. The Balaban J connectivity index is 2.50. The fourth-order valence-corrected chi connectivity index (χ4v) is 1.77. The summed E-state index contributed by atoms with van der Waals surface area (Å²) in [4.78, 5) is 16.5. The van der Waals surface area contributed by atoms with E-state index in [1.807, 2.05) is 19.9 Å². The molecule has 2 rings (SSSR count). The molecule has 0 aliphatic carbocycles. The van der Waals surface area contributed by atoms with Gasteiger partial charge >= 0.3 is 0 Å². The summed E-state index contributed by atoms with van der Waals surface area (Å²) in [7, 11) is 0. The second kappa shape index (κ2) is 5.01. The summed E-state index contributed by atoms with van der Waals surface area (Å²) < 4.78 is 9.24. The van der Waals surface area contributed by atoms with Gasteiger partial charge < -0.3 is 0 Å². The van der Waals surface area contributed by atoms with Crippen LogP contribution in [0.5, 0.6) is 0 Å². The van der Waals surface area contributed by atoms with Gasteiger partial charge in [-0.05, 0) is 26.0 Å². The van der Waals surface area contributed by atoms with E-state index in [-0.39, 0.29) is 11.9 Å². The molecule has 0 bridgehead atoms. The van der Waals surface area contributed by atoms with Crippen LogP contribution in [0.2, 0.25) is 0 Å². The summed E-state index contributed by atoms with van der Waals surface area (Å²) in [5, 5.41) is 0. The predicted molar refractivity (Wildman–Crippen MR) is 64.8 cm³/mol. The molecule has 2 aromatic heterocycles. The van der Waals surface area contributed by atoms with Crippen LogP contribution in [0.4, 0.5) is 0 Å². The highest BCUT2D eigenvalue weighted by molar-refractivity contribution is 6.99. The van der Waals surface area contributed by atoms with Crippen LogP contribution in [-0.2, 0) is 0 Å². The van der Waals surface area contributed by atoms with E-state index in [2.05, 4.69) is 13.7 Å². The number of rotatable bonds is 2. The number of nitrogens with zero attached hydrogens (tertiary/aromatic N) is 4. The first kappa shape index (κ1) is 11.7. The summed E-state index contributed by atoms with van der Waals surface area (Å²) in [5.74, 6) is -0.209. The van der Waals surface area contributed by atoms with E-state index in [4.69, 9.17) is 0 Å². The van der Waals surface area contributed by atoms with E-state index in [9.17, 15) is 4.79 Å². The maximum Gasteiger partial charge on any atom is 0.284 e. The highest BCUT2D eigenvalue weighted by Crippen LogP contribution is 1.98. The summed E-state index contributed by atoms with van der Waals surface area (Å²) in [5.41, 5.74) is 0.965. The van der Waals surface area contributed by atoms with Gasteiger partial charge in [0.25, 0.3) is 5.91 Å². The molecule has 2 aromatic rings. The van der Waals surface area contributed by atoms with Crippen LogP contribution in [0.1, 0.15) is 24.3 Å². The molecule has 2 heterocycles. The molecule has 6 heteroatoms. The molecule has 0 radical (unpaired) electrons. The molecule has 0 N–H and O–H groups in total. The van der Waals surface area contributed by atoms with Crippen LogP contribution in [0.25, 0.3) is 0 Å². The Morgan fingerprint density at radius 3 is 2.94 bits per heavy atom. The zero-order chi connectivity index (χ0) is 12.3. The van der Waals surface area contributed by atoms with Crippen molar-refractivity contribution in [1.82, 2.24) is 13.3 Å². The quantitative estimate of drug-likeness (QED) is 0.805. The predicted octanol–water partition coefficient (Wildman–Crippen LogP) is 1.34. The Labute approximate surface area is 103 Å². The number of hydrogen-bond acceptors (Lipinski definition) is 5. The number of pyridine rings is 1.